The Labute approximate surface area is 110 Å². The summed E-state index contributed by atoms with van der Waals surface area (Å²) in [6.45, 7) is 0. The van der Waals surface area contributed by atoms with Crippen molar-refractivity contribution in [1.29, 1.82) is 0 Å². The first-order valence-electron chi connectivity index (χ1n) is 4.92. The van der Waals surface area contributed by atoms with Gasteiger partial charge in [-0.15, -0.1) is 0 Å². The SMILES string of the molecule is O=C(NC1(C(=O)O)CCSC1)c1ccoc1Br. The van der Waals surface area contributed by atoms with E-state index >= 15 is 0 Å². The molecule has 1 aliphatic rings. The number of aliphatic carboxylic acids is 1. The van der Waals surface area contributed by atoms with Crippen LogP contribution in [0.1, 0.15) is 16.8 Å². The Morgan fingerprint density at radius 2 is 2.35 bits per heavy atom. The van der Waals surface area contributed by atoms with Crippen LogP contribution in [-0.4, -0.2) is 34.0 Å². The Morgan fingerprint density at radius 3 is 2.82 bits per heavy atom. The van der Waals surface area contributed by atoms with Crippen molar-refractivity contribution < 1.29 is 19.1 Å². The molecule has 0 aliphatic carbocycles. The largest absolute Gasteiger partial charge is 0.479 e. The zero-order valence-corrected chi connectivity index (χ0v) is 11.1. The maximum atomic E-state index is 11.9. The van der Waals surface area contributed by atoms with Crippen molar-refractivity contribution in [3.8, 4) is 0 Å². The highest BCUT2D eigenvalue weighted by Crippen LogP contribution is 2.29. The summed E-state index contributed by atoms with van der Waals surface area (Å²) in [6.07, 6.45) is 1.81. The third kappa shape index (κ3) is 2.35. The molecule has 0 radical (unpaired) electrons. The van der Waals surface area contributed by atoms with Gasteiger partial charge < -0.3 is 14.8 Å². The van der Waals surface area contributed by atoms with Crippen LogP contribution < -0.4 is 5.32 Å². The molecule has 1 fully saturated rings. The number of carboxylic acids is 1. The number of carbonyl (C=O) groups excluding carboxylic acids is 1. The molecule has 0 bridgehead atoms. The monoisotopic (exact) mass is 319 g/mol. The number of thioether (sulfide) groups is 1. The van der Waals surface area contributed by atoms with Gasteiger partial charge in [0.2, 0.25) is 0 Å². The minimum Gasteiger partial charge on any atom is -0.479 e. The molecule has 0 spiro atoms. The number of halogens is 1. The van der Waals surface area contributed by atoms with Crippen molar-refractivity contribution in [2.45, 2.75) is 12.0 Å². The Hall–Kier alpha value is -0.950. The van der Waals surface area contributed by atoms with Gasteiger partial charge >= 0.3 is 5.97 Å². The number of carbonyl (C=O) groups is 2. The molecule has 1 aliphatic heterocycles. The van der Waals surface area contributed by atoms with Crippen molar-refractivity contribution in [3.63, 3.8) is 0 Å². The van der Waals surface area contributed by atoms with Crippen LogP contribution in [0.25, 0.3) is 0 Å². The fraction of sp³-hybridized carbons (Fsp3) is 0.400. The molecule has 1 unspecified atom stereocenters. The first-order valence-corrected chi connectivity index (χ1v) is 6.86. The lowest BCUT2D eigenvalue weighted by Crippen LogP contribution is -2.54. The average molecular weight is 320 g/mol. The number of nitrogens with one attached hydrogen (secondary N) is 1. The van der Waals surface area contributed by atoms with E-state index in [9.17, 15) is 14.7 Å². The summed E-state index contributed by atoms with van der Waals surface area (Å²) >= 11 is 4.61. The van der Waals surface area contributed by atoms with E-state index in [2.05, 4.69) is 21.2 Å². The maximum absolute atomic E-state index is 11.9. The smallest absolute Gasteiger partial charge is 0.330 e. The number of amides is 1. The summed E-state index contributed by atoms with van der Waals surface area (Å²) in [5, 5.41) is 11.8. The highest BCUT2D eigenvalue weighted by molar-refractivity contribution is 9.10. The van der Waals surface area contributed by atoms with Crippen molar-refractivity contribution in [3.05, 3.63) is 22.6 Å². The van der Waals surface area contributed by atoms with E-state index in [1.54, 1.807) is 0 Å². The minimum absolute atomic E-state index is 0.307. The van der Waals surface area contributed by atoms with Crippen molar-refractivity contribution >= 4 is 39.6 Å². The lowest BCUT2D eigenvalue weighted by atomic mass is 9.99. The molecular formula is C10H10BrNO4S. The summed E-state index contributed by atoms with van der Waals surface area (Å²) in [6, 6.07) is 1.50. The number of hydrogen-bond acceptors (Lipinski definition) is 4. The van der Waals surface area contributed by atoms with Crippen LogP contribution in [0.15, 0.2) is 21.4 Å². The molecule has 2 N–H and O–H groups in total. The molecule has 2 rings (SSSR count). The van der Waals surface area contributed by atoms with Gasteiger partial charge in [-0.05, 0) is 34.2 Å². The van der Waals surface area contributed by atoms with Crippen LogP contribution in [0.5, 0.6) is 0 Å². The maximum Gasteiger partial charge on any atom is 0.330 e. The van der Waals surface area contributed by atoms with E-state index in [0.717, 1.165) is 5.75 Å². The van der Waals surface area contributed by atoms with Crippen molar-refractivity contribution in [2.24, 2.45) is 0 Å². The van der Waals surface area contributed by atoms with Crippen molar-refractivity contribution in [1.82, 2.24) is 5.32 Å². The molecule has 1 saturated heterocycles. The van der Waals surface area contributed by atoms with Gasteiger partial charge in [-0.1, -0.05) is 0 Å². The number of furan rings is 1. The van der Waals surface area contributed by atoms with E-state index in [4.69, 9.17) is 4.42 Å². The first-order chi connectivity index (χ1) is 8.05. The van der Waals surface area contributed by atoms with E-state index in [-0.39, 0.29) is 0 Å². The lowest BCUT2D eigenvalue weighted by molar-refractivity contribution is -0.143. The normalized spacial score (nSPS) is 23.6. The highest BCUT2D eigenvalue weighted by atomic mass is 79.9. The molecule has 17 heavy (non-hydrogen) atoms. The van der Waals surface area contributed by atoms with Gasteiger partial charge in [0.25, 0.3) is 5.91 Å². The number of carboxylic acid groups (broad SMARTS) is 1. The van der Waals surface area contributed by atoms with Crippen LogP contribution in [-0.2, 0) is 4.79 Å². The molecule has 1 aromatic heterocycles. The lowest BCUT2D eigenvalue weighted by Gasteiger charge is -2.24. The van der Waals surface area contributed by atoms with Crippen LogP contribution in [0.2, 0.25) is 0 Å². The second-order valence-electron chi connectivity index (χ2n) is 3.75. The van der Waals surface area contributed by atoms with Gasteiger partial charge in [0.15, 0.2) is 4.67 Å². The summed E-state index contributed by atoms with van der Waals surface area (Å²) in [7, 11) is 0. The molecule has 7 heteroatoms. The standard InChI is InChI=1S/C10H10BrNO4S/c11-7-6(1-3-16-7)8(13)12-10(9(14)15)2-4-17-5-10/h1,3H,2,4-5H2,(H,12,13)(H,14,15). The summed E-state index contributed by atoms with van der Waals surface area (Å²) in [4.78, 5) is 23.2. The predicted octanol–water partition coefficient (Wildman–Crippen LogP) is 1.73. The van der Waals surface area contributed by atoms with Gasteiger partial charge in [-0.25, -0.2) is 4.79 Å². The van der Waals surface area contributed by atoms with Crippen molar-refractivity contribution in [2.75, 3.05) is 11.5 Å². The fourth-order valence-electron chi connectivity index (χ4n) is 1.63. The molecule has 2 heterocycles. The predicted molar refractivity (Wildman–Crippen MR) is 66.2 cm³/mol. The van der Waals surface area contributed by atoms with E-state index in [1.165, 1.54) is 24.1 Å². The highest BCUT2D eigenvalue weighted by Gasteiger charge is 2.43. The van der Waals surface area contributed by atoms with Gasteiger partial charge in [0, 0.05) is 5.75 Å². The third-order valence-corrected chi connectivity index (χ3v) is 4.45. The molecule has 1 aromatic rings. The molecule has 0 aromatic carbocycles. The molecule has 0 saturated carbocycles. The van der Waals surface area contributed by atoms with Crippen LogP contribution in [0.4, 0.5) is 0 Å². The second kappa shape index (κ2) is 4.73. The molecule has 92 valence electrons. The van der Waals surface area contributed by atoms with Gasteiger partial charge in [0.1, 0.15) is 5.54 Å². The first kappa shape index (κ1) is 12.5. The molecule has 1 amide bonds. The average Bonchev–Trinajstić information content (AvgIpc) is 2.87. The third-order valence-electron chi connectivity index (χ3n) is 2.65. The minimum atomic E-state index is -1.15. The second-order valence-corrected chi connectivity index (χ2v) is 5.58. The summed E-state index contributed by atoms with van der Waals surface area (Å²) < 4.78 is 5.25. The Bertz CT molecular complexity index is 453. The molecule has 1 atom stereocenters. The quantitative estimate of drug-likeness (QED) is 0.887. The van der Waals surface area contributed by atoms with Gasteiger partial charge in [-0.2, -0.15) is 11.8 Å². The summed E-state index contributed by atoms with van der Waals surface area (Å²) in [5.74, 6) is -0.297. The van der Waals surface area contributed by atoms with Crippen LogP contribution in [0, 0.1) is 0 Å². The Morgan fingerprint density at radius 1 is 1.59 bits per heavy atom. The summed E-state index contributed by atoms with van der Waals surface area (Å²) in [5.41, 5.74) is -0.846. The zero-order valence-electron chi connectivity index (χ0n) is 8.73. The van der Waals surface area contributed by atoms with E-state index < -0.39 is 17.4 Å². The Kier molecular flexibility index (Phi) is 3.48. The Balaban J connectivity index is 2.17. The topological polar surface area (TPSA) is 79.5 Å². The van der Waals surface area contributed by atoms with E-state index in [1.807, 2.05) is 0 Å². The van der Waals surface area contributed by atoms with Crippen LogP contribution >= 0.6 is 27.7 Å². The van der Waals surface area contributed by atoms with Gasteiger partial charge in [-0.3, -0.25) is 4.79 Å². The molecular weight excluding hydrogens is 310 g/mol. The zero-order chi connectivity index (χ0) is 12.5. The van der Waals surface area contributed by atoms with E-state index in [0.29, 0.717) is 22.4 Å². The molecule has 5 nitrogen and oxygen atoms in total. The fourth-order valence-corrected chi connectivity index (χ4v) is 3.37. The van der Waals surface area contributed by atoms with Gasteiger partial charge in [0.05, 0.1) is 11.8 Å². The number of hydrogen-bond donors (Lipinski definition) is 2. The number of rotatable bonds is 3. The van der Waals surface area contributed by atoms with Crippen LogP contribution in [0.3, 0.4) is 0 Å².